The van der Waals surface area contributed by atoms with Gasteiger partial charge in [0, 0.05) is 22.4 Å². The molecule has 2 aromatic rings. The fraction of sp³-hybridized carbons (Fsp3) is 0.444. The summed E-state index contributed by atoms with van der Waals surface area (Å²) in [6.45, 7) is 11.7. The molecule has 0 spiro atoms. The second kappa shape index (κ2) is 6.77. The van der Waals surface area contributed by atoms with Crippen LogP contribution >= 0.6 is 0 Å². The van der Waals surface area contributed by atoms with Gasteiger partial charge >= 0.3 is 6.03 Å². The Kier molecular flexibility index (Phi) is 4.43. The molecule has 5 rings (SSSR count). The fourth-order valence-electron chi connectivity index (χ4n) is 5.27. The van der Waals surface area contributed by atoms with E-state index in [1.807, 2.05) is 12.3 Å². The van der Waals surface area contributed by atoms with Gasteiger partial charge in [-0.1, -0.05) is 58.0 Å². The Morgan fingerprint density at radius 3 is 2.16 bits per heavy atom. The number of aryl methyl sites for hydroxylation is 1. The second-order valence-electron chi connectivity index (χ2n) is 10.8. The van der Waals surface area contributed by atoms with Crippen LogP contribution in [0, 0.1) is 6.92 Å². The zero-order chi connectivity index (χ0) is 22.9. The van der Waals surface area contributed by atoms with Gasteiger partial charge in [-0.05, 0) is 53.6 Å². The molecule has 1 aliphatic heterocycles. The number of nitrogens with zero attached hydrogens (tertiary/aromatic N) is 2. The van der Waals surface area contributed by atoms with E-state index in [9.17, 15) is 9.59 Å². The molecular formula is C27H31N3O2. The van der Waals surface area contributed by atoms with Gasteiger partial charge in [0.1, 0.15) is 0 Å². The highest BCUT2D eigenvalue weighted by Gasteiger charge is 2.49. The Hall–Kier alpha value is -2.95. The van der Waals surface area contributed by atoms with E-state index in [-0.39, 0.29) is 41.3 Å². The van der Waals surface area contributed by atoms with Gasteiger partial charge in [0.15, 0.2) is 0 Å². The number of nitrogens with one attached hydrogen (secondary N) is 1. The first-order chi connectivity index (χ1) is 15.0. The summed E-state index contributed by atoms with van der Waals surface area (Å²) in [7, 11) is 0. The lowest BCUT2D eigenvalue weighted by Crippen LogP contribution is -2.30. The summed E-state index contributed by atoms with van der Waals surface area (Å²) in [6, 6.07) is 8.58. The fourth-order valence-corrected chi connectivity index (χ4v) is 5.27. The molecule has 2 heterocycles. The average molecular weight is 430 g/mol. The van der Waals surface area contributed by atoms with Crippen LogP contribution in [0.5, 0.6) is 0 Å². The number of benzene rings is 1. The number of imide groups is 1. The molecule has 1 N–H and O–H groups in total. The van der Waals surface area contributed by atoms with Crippen LogP contribution in [0.2, 0.25) is 0 Å². The predicted octanol–water partition coefficient (Wildman–Crippen LogP) is 4.65. The number of hydrogen-bond acceptors (Lipinski definition) is 3. The summed E-state index contributed by atoms with van der Waals surface area (Å²) in [5.74, 6) is -0.193. The van der Waals surface area contributed by atoms with Gasteiger partial charge in [-0.3, -0.25) is 14.7 Å². The molecule has 3 aliphatic rings. The first-order valence-electron chi connectivity index (χ1n) is 11.4. The summed E-state index contributed by atoms with van der Waals surface area (Å²) in [5, 5.41) is 2.56. The molecule has 2 fully saturated rings. The molecule has 5 nitrogen and oxygen atoms in total. The number of amides is 3. The lowest BCUT2D eigenvalue weighted by atomic mass is 9.66. The number of carbonyl (C=O) groups excluding carboxylic acids is 2. The number of urea groups is 1. The lowest BCUT2D eigenvalue weighted by molar-refractivity contribution is -0.125. The monoisotopic (exact) mass is 429 g/mol. The van der Waals surface area contributed by atoms with Crippen molar-refractivity contribution < 1.29 is 9.59 Å². The third kappa shape index (κ3) is 3.17. The SMILES string of the molecule is Cc1cc2c(cc1C1(c3ccc(CN4C(=O)CNC4=O)cn3)CC1)C(C)(C)C=CC2(C)C. The summed E-state index contributed by atoms with van der Waals surface area (Å²) in [5.41, 5.74) is 7.46. The zero-order valence-electron chi connectivity index (χ0n) is 19.6. The summed E-state index contributed by atoms with van der Waals surface area (Å²) < 4.78 is 0. The number of aromatic nitrogens is 1. The second-order valence-corrected chi connectivity index (χ2v) is 10.8. The summed E-state index contributed by atoms with van der Waals surface area (Å²) in [4.78, 5) is 29.8. The van der Waals surface area contributed by atoms with Gasteiger partial charge in [0.05, 0.1) is 18.8 Å². The van der Waals surface area contributed by atoms with Crippen LogP contribution in [0.1, 0.15) is 74.0 Å². The summed E-state index contributed by atoms with van der Waals surface area (Å²) >= 11 is 0. The predicted molar refractivity (Wildman–Crippen MR) is 125 cm³/mol. The molecule has 0 atom stereocenters. The Morgan fingerprint density at radius 1 is 0.969 bits per heavy atom. The van der Waals surface area contributed by atoms with Gasteiger partial charge in [-0.15, -0.1) is 0 Å². The molecule has 5 heteroatoms. The molecule has 2 aliphatic carbocycles. The van der Waals surface area contributed by atoms with Crippen molar-refractivity contribution in [2.24, 2.45) is 0 Å². The number of carbonyl (C=O) groups is 2. The van der Waals surface area contributed by atoms with Crippen molar-refractivity contribution in [1.82, 2.24) is 15.2 Å². The number of rotatable bonds is 4. The van der Waals surface area contributed by atoms with E-state index in [0.29, 0.717) is 0 Å². The van der Waals surface area contributed by atoms with Crippen LogP contribution in [-0.2, 0) is 27.6 Å². The topological polar surface area (TPSA) is 62.3 Å². The smallest absolute Gasteiger partial charge is 0.324 e. The third-order valence-corrected chi connectivity index (χ3v) is 7.53. The highest BCUT2D eigenvalue weighted by atomic mass is 16.2. The van der Waals surface area contributed by atoms with Crippen molar-refractivity contribution >= 4 is 11.9 Å². The molecule has 1 aromatic heterocycles. The van der Waals surface area contributed by atoms with Crippen LogP contribution < -0.4 is 5.32 Å². The number of fused-ring (bicyclic) bond motifs is 1. The van der Waals surface area contributed by atoms with E-state index in [0.717, 1.165) is 24.1 Å². The van der Waals surface area contributed by atoms with E-state index in [2.05, 4.69) is 70.3 Å². The van der Waals surface area contributed by atoms with Crippen molar-refractivity contribution in [1.29, 1.82) is 0 Å². The van der Waals surface area contributed by atoms with Gasteiger partial charge in [0.25, 0.3) is 0 Å². The van der Waals surface area contributed by atoms with Crippen molar-refractivity contribution in [3.8, 4) is 0 Å². The summed E-state index contributed by atoms with van der Waals surface area (Å²) in [6.07, 6.45) is 8.68. The van der Waals surface area contributed by atoms with Gasteiger partial charge in [-0.2, -0.15) is 0 Å². The molecule has 0 radical (unpaired) electrons. The van der Waals surface area contributed by atoms with E-state index in [1.54, 1.807) is 0 Å². The number of hydrogen-bond donors (Lipinski definition) is 1. The minimum atomic E-state index is -0.331. The largest absolute Gasteiger partial charge is 0.329 e. The molecule has 1 saturated carbocycles. The van der Waals surface area contributed by atoms with E-state index < -0.39 is 0 Å². The molecule has 3 amide bonds. The molecule has 1 aromatic carbocycles. The Balaban J connectivity index is 1.49. The molecule has 32 heavy (non-hydrogen) atoms. The molecule has 1 saturated heterocycles. The molecule has 0 unspecified atom stereocenters. The van der Waals surface area contributed by atoms with Gasteiger partial charge in [0.2, 0.25) is 5.91 Å². The third-order valence-electron chi connectivity index (χ3n) is 7.53. The van der Waals surface area contributed by atoms with E-state index in [4.69, 9.17) is 4.98 Å². The van der Waals surface area contributed by atoms with Crippen LogP contribution in [0.25, 0.3) is 0 Å². The quantitative estimate of drug-likeness (QED) is 0.569. The van der Waals surface area contributed by atoms with E-state index in [1.165, 1.54) is 27.2 Å². The van der Waals surface area contributed by atoms with E-state index >= 15 is 0 Å². The van der Waals surface area contributed by atoms with Crippen molar-refractivity contribution in [2.75, 3.05) is 6.54 Å². The van der Waals surface area contributed by atoms with Crippen LogP contribution in [0.3, 0.4) is 0 Å². The average Bonchev–Trinajstić information content (AvgIpc) is 3.49. The molecule has 166 valence electrons. The normalized spacial score (nSPS) is 22.0. The Bertz CT molecular complexity index is 1140. The maximum Gasteiger partial charge on any atom is 0.324 e. The van der Waals surface area contributed by atoms with Crippen LogP contribution in [0.15, 0.2) is 42.6 Å². The Labute approximate surface area is 189 Å². The van der Waals surface area contributed by atoms with Gasteiger partial charge in [-0.25, -0.2) is 4.79 Å². The number of pyridine rings is 1. The minimum absolute atomic E-state index is 0.00348. The maximum atomic E-state index is 11.9. The highest BCUT2D eigenvalue weighted by Crippen LogP contribution is 2.55. The van der Waals surface area contributed by atoms with Crippen molar-refractivity contribution in [2.45, 2.75) is 70.3 Å². The highest BCUT2D eigenvalue weighted by molar-refractivity contribution is 6.01. The van der Waals surface area contributed by atoms with Crippen molar-refractivity contribution in [3.05, 3.63) is 76.1 Å². The van der Waals surface area contributed by atoms with Gasteiger partial charge < -0.3 is 5.32 Å². The minimum Gasteiger partial charge on any atom is -0.329 e. The maximum absolute atomic E-state index is 11.9. The van der Waals surface area contributed by atoms with Crippen LogP contribution in [0.4, 0.5) is 4.79 Å². The first kappa shape index (κ1) is 20.9. The number of allylic oxidation sites excluding steroid dienone is 2. The first-order valence-corrected chi connectivity index (χ1v) is 11.4. The molecular weight excluding hydrogens is 398 g/mol. The standard InChI is InChI=1S/C27H31N3O2/c1-17-12-20-21(26(4,5)9-8-25(20,2)3)13-19(17)27(10-11-27)22-7-6-18(14-28-22)16-30-23(31)15-29-24(30)32/h6-9,12-14H,10-11,15-16H2,1-5H3,(H,29,32). The van der Waals surface area contributed by atoms with Crippen molar-refractivity contribution in [3.63, 3.8) is 0 Å². The Morgan fingerprint density at radius 2 is 1.62 bits per heavy atom. The molecule has 0 bridgehead atoms. The zero-order valence-corrected chi connectivity index (χ0v) is 19.6. The lowest BCUT2D eigenvalue weighted by Gasteiger charge is -2.38. The van der Waals surface area contributed by atoms with Crippen LogP contribution in [-0.4, -0.2) is 28.4 Å².